The van der Waals surface area contributed by atoms with Gasteiger partial charge in [-0.3, -0.25) is 4.79 Å². The van der Waals surface area contributed by atoms with Crippen LogP contribution in [0.5, 0.6) is 0 Å². The lowest BCUT2D eigenvalue weighted by Crippen LogP contribution is -2.14. The summed E-state index contributed by atoms with van der Waals surface area (Å²) in [5, 5.41) is 12.4. The molecule has 0 atom stereocenters. The molecule has 10 heteroatoms. The number of halogens is 2. The molecular formula is C19H15Cl2N7O. The van der Waals surface area contributed by atoms with Gasteiger partial charge in [-0.25, -0.2) is 14.3 Å². The van der Waals surface area contributed by atoms with Gasteiger partial charge in [0.25, 0.3) is 5.91 Å². The summed E-state index contributed by atoms with van der Waals surface area (Å²) in [6.45, 7) is 1.91. The van der Waals surface area contributed by atoms with Crippen LogP contribution in [-0.2, 0) is 0 Å². The fourth-order valence-electron chi connectivity index (χ4n) is 2.90. The minimum Gasteiger partial charge on any atom is -0.364 e. The Balaban J connectivity index is 1.71. The Morgan fingerprint density at radius 2 is 1.93 bits per heavy atom. The second-order valence-electron chi connectivity index (χ2n) is 6.21. The Morgan fingerprint density at radius 3 is 2.55 bits per heavy atom. The highest BCUT2D eigenvalue weighted by molar-refractivity contribution is 6.37. The van der Waals surface area contributed by atoms with Crippen molar-refractivity contribution in [2.75, 3.05) is 5.32 Å². The summed E-state index contributed by atoms with van der Waals surface area (Å²) in [7, 11) is 0. The van der Waals surface area contributed by atoms with Crippen molar-refractivity contribution in [1.29, 1.82) is 0 Å². The van der Waals surface area contributed by atoms with E-state index in [4.69, 9.17) is 28.9 Å². The molecule has 8 nitrogen and oxygen atoms in total. The van der Waals surface area contributed by atoms with Gasteiger partial charge in [0.05, 0.1) is 33.8 Å². The number of nitrogens with one attached hydrogen (secondary N) is 1. The molecule has 0 unspecified atom stereocenters. The number of pyridine rings is 1. The molecule has 0 aliphatic carbocycles. The zero-order valence-corrected chi connectivity index (χ0v) is 16.7. The number of carbonyl (C=O) groups excluding carboxylic acids is 1. The van der Waals surface area contributed by atoms with Gasteiger partial charge in [0.1, 0.15) is 5.69 Å². The number of amides is 1. The minimum absolute atomic E-state index is 0.0507. The third kappa shape index (κ3) is 3.67. The molecule has 3 aromatic heterocycles. The van der Waals surface area contributed by atoms with E-state index in [9.17, 15) is 4.79 Å². The third-order valence-corrected chi connectivity index (χ3v) is 4.78. The Morgan fingerprint density at radius 1 is 1.17 bits per heavy atom. The number of anilines is 2. The number of benzene rings is 1. The summed E-state index contributed by atoms with van der Waals surface area (Å²) in [6.07, 6.45) is 6.73. The summed E-state index contributed by atoms with van der Waals surface area (Å²) < 4.78 is 3.09. The highest BCUT2D eigenvalue weighted by Crippen LogP contribution is 2.30. The Hall–Kier alpha value is -3.36. The van der Waals surface area contributed by atoms with Crippen LogP contribution in [-0.4, -0.2) is 30.5 Å². The van der Waals surface area contributed by atoms with E-state index in [2.05, 4.69) is 20.5 Å². The molecule has 0 spiro atoms. The number of aromatic nitrogens is 5. The van der Waals surface area contributed by atoms with E-state index in [-0.39, 0.29) is 5.69 Å². The molecule has 3 heterocycles. The van der Waals surface area contributed by atoms with Crippen LogP contribution < -0.4 is 11.1 Å². The fourth-order valence-corrected chi connectivity index (χ4v) is 3.47. The quantitative estimate of drug-likeness (QED) is 0.502. The monoisotopic (exact) mass is 427 g/mol. The molecule has 0 saturated heterocycles. The van der Waals surface area contributed by atoms with Gasteiger partial charge < -0.3 is 11.1 Å². The van der Waals surface area contributed by atoms with E-state index in [1.165, 1.54) is 4.68 Å². The highest BCUT2D eigenvalue weighted by atomic mass is 35.5. The normalized spacial score (nSPS) is 10.9. The molecule has 3 N–H and O–H groups in total. The fraction of sp³-hybridized carbons (Fsp3) is 0.0526. The maximum Gasteiger partial charge on any atom is 0.271 e. The van der Waals surface area contributed by atoms with Crippen molar-refractivity contribution in [3.63, 3.8) is 0 Å². The first kappa shape index (κ1) is 19.0. The van der Waals surface area contributed by atoms with Gasteiger partial charge in [-0.05, 0) is 36.8 Å². The van der Waals surface area contributed by atoms with Crippen molar-refractivity contribution in [3.05, 3.63) is 76.4 Å². The average molecular weight is 428 g/mol. The molecule has 1 aromatic carbocycles. The molecule has 4 rings (SSSR count). The number of hydrogen-bond acceptors (Lipinski definition) is 5. The summed E-state index contributed by atoms with van der Waals surface area (Å²) >= 11 is 12.5. The molecule has 29 heavy (non-hydrogen) atoms. The Bertz CT molecular complexity index is 1180. The topological polar surface area (TPSA) is 104 Å². The van der Waals surface area contributed by atoms with E-state index in [0.29, 0.717) is 32.9 Å². The molecule has 1 amide bonds. The lowest BCUT2D eigenvalue weighted by Gasteiger charge is -2.09. The number of nitrogens with zero attached hydrogens (tertiary/aromatic N) is 5. The van der Waals surface area contributed by atoms with Crippen molar-refractivity contribution >= 4 is 40.5 Å². The molecule has 146 valence electrons. The van der Waals surface area contributed by atoms with E-state index < -0.39 is 5.91 Å². The highest BCUT2D eigenvalue weighted by Gasteiger charge is 2.18. The maximum absolute atomic E-state index is 11.9. The smallest absolute Gasteiger partial charge is 0.271 e. The first-order chi connectivity index (χ1) is 13.9. The summed E-state index contributed by atoms with van der Waals surface area (Å²) in [5.74, 6) is 0.0153. The number of hydrogen-bond donors (Lipinski definition) is 2. The van der Waals surface area contributed by atoms with Crippen molar-refractivity contribution in [2.45, 2.75) is 6.92 Å². The lowest BCUT2D eigenvalue weighted by molar-refractivity contribution is 0.0996. The molecular weight excluding hydrogens is 413 g/mol. The van der Waals surface area contributed by atoms with Crippen molar-refractivity contribution < 1.29 is 4.79 Å². The van der Waals surface area contributed by atoms with Crippen LogP contribution >= 0.6 is 23.2 Å². The molecule has 0 aliphatic rings. The number of aryl methyl sites for hydroxylation is 1. The number of carbonyl (C=O) groups is 1. The standard InChI is InChI=1S/C19H15Cl2N7O/c1-11-8-12(9-23-19(11)27-7-3-6-24-27)25-15-10-28(26-16(15)18(22)29)17-13(20)4-2-5-14(17)21/h2-10,25H,1H3,(H2,22,29). The van der Waals surface area contributed by atoms with Gasteiger partial charge in [-0.2, -0.15) is 10.2 Å². The minimum atomic E-state index is -0.688. The molecule has 4 aromatic rings. The second-order valence-corrected chi connectivity index (χ2v) is 7.02. The largest absolute Gasteiger partial charge is 0.364 e. The zero-order chi connectivity index (χ0) is 20.5. The molecule has 0 saturated carbocycles. The van der Waals surface area contributed by atoms with Gasteiger partial charge in [0, 0.05) is 12.4 Å². The van der Waals surface area contributed by atoms with Gasteiger partial charge in [-0.15, -0.1) is 0 Å². The Kier molecular flexibility index (Phi) is 4.96. The van der Waals surface area contributed by atoms with Gasteiger partial charge >= 0.3 is 0 Å². The Labute approximate surface area is 175 Å². The third-order valence-electron chi connectivity index (χ3n) is 4.17. The predicted molar refractivity (Wildman–Crippen MR) is 111 cm³/mol. The number of primary amides is 1. The maximum atomic E-state index is 11.9. The molecule has 0 fully saturated rings. The first-order valence-corrected chi connectivity index (χ1v) is 9.27. The van der Waals surface area contributed by atoms with Crippen molar-refractivity contribution in [3.8, 4) is 11.5 Å². The number of nitrogens with two attached hydrogens (primary N) is 1. The molecule has 0 bridgehead atoms. The molecule has 0 radical (unpaired) electrons. The summed E-state index contributed by atoms with van der Waals surface area (Å²) in [4.78, 5) is 16.4. The summed E-state index contributed by atoms with van der Waals surface area (Å²) in [6, 6.07) is 8.79. The zero-order valence-electron chi connectivity index (χ0n) is 15.2. The van der Waals surface area contributed by atoms with Crippen LogP contribution in [0.15, 0.2) is 55.1 Å². The van der Waals surface area contributed by atoms with Crippen LogP contribution in [0.1, 0.15) is 16.1 Å². The first-order valence-electron chi connectivity index (χ1n) is 8.51. The van der Waals surface area contributed by atoms with E-state index >= 15 is 0 Å². The van der Waals surface area contributed by atoms with Gasteiger partial charge in [-0.1, -0.05) is 29.3 Å². The predicted octanol–water partition coefficient (Wildman–Crippen LogP) is 3.91. The van der Waals surface area contributed by atoms with E-state index in [0.717, 1.165) is 5.56 Å². The SMILES string of the molecule is Cc1cc(Nc2cn(-c3c(Cl)cccc3Cl)nc2C(N)=O)cnc1-n1cccn1. The van der Waals surface area contributed by atoms with Crippen LogP contribution in [0.3, 0.4) is 0 Å². The van der Waals surface area contributed by atoms with E-state index in [1.54, 1.807) is 41.5 Å². The van der Waals surface area contributed by atoms with Gasteiger partial charge in [0.15, 0.2) is 11.5 Å². The lowest BCUT2D eigenvalue weighted by atomic mass is 10.2. The van der Waals surface area contributed by atoms with Crippen molar-refractivity contribution in [2.24, 2.45) is 5.73 Å². The van der Waals surface area contributed by atoms with Crippen LogP contribution in [0.2, 0.25) is 10.0 Å². The van der Waals surface area contributed by atoms with E-state index in [1.807, 2.05) is 25.3 Å². The number of para-hydroxylation sites is 1. The summed E-state index contributed by atoms with van der Waals surface area (Å²) in [5.41, 5.74) is 7.96. The van der Waals surface area contributed by atoms with Gasteiger partial charge in [0.2, 0.25) is 0 Å². The second kappa shape index (κ2) is 7.57. The van der Waals surface area contributed by atoms with Crippen LogP contribution in [0, 0.1) is 6.92 Å². The number of rotatable bonds is 5. The van der Waals surface area contributed by atoms with Crippen molar-refractivity contribution in [1.82, 2.24) is 24.5 Å². The van der Waals surface area contributed by atoms with Crippen LogP contribution in [0.4, 0.5) is 11.4 Å². The average Bonchev–Trinajstić information content (AvgIpc) is 3.32. The molecule has 0 aliphatic heterocycles. The van der Waals surface area contributed by atoms with Crippen LogP contribution in [0.25, 0.3) is 11.5 Å².